The lowest BCUT2D eigenvalue weighted by atomic mass is 9.78. The number of halogens is 1. The third-order valence-corrected chi connectivity index (χ3v) is 6.05. The molecule has 0 heterocycles. The molecule has 1 aliphatic carbocycles. The lowest BCUT2D eigenvalue weighted by Gasteiger charge is -2.34. The monoisotopic (exact) mass is 422 g/mol. The summed E-state index contributed by atoms with van der Waals surface area (Å²) in [4.78, 5) is 37.2. The first-order chi connectivity index (χ1) is 13.7. The van der Waals surface area contributed by atoms with E-state index in [-0.39, 0.29) is 30.0 Å². The van der Waals surface area contributed by atoms with Crippen molar-refractivity contribution in [3.63, 3.8) is 0 Å². The van der Waals surface area contributed by atoms with Crippen molar-refractivity contribution in [3.8, 4) is 0 Å². The number of rotatable bonds is 7. The van der Waals surface area contributed by atoms with Crippen molar-refractivity contribution in [2.75, 3.05) is 6.61 Å². The summed E-state index contributed by atoms with van der Waals surface area (Å²) < 4.78 is 5.20. The Kier molecular flexibility index (Phi) is 8.50. The molecule has 0 radical (unpaired) electrons. The van der Waals surface area contributed by atoms with Gasteiger partial charge in [0, 0.05) is 6.04 Å². The molecule has 0 spiro atoms. The molecule has 0 saturated heterocycles. The van der Waals surface area contributed by atoms with Gasteiger partial charge in [0.15, 0.2) is 6.61 Å². The van der Waals surface area contributed by atoms with Gasteiger partial charge in [-0.05, 0) is 36.3 Å². The minimum absolute atomic E-state index is 0.103. The molecule has 4 unspecified atom stereocenters. The molecule has 6 nitrogen and oxygen atoms in total. The predicted molar refractivity (Wildman–Crippen MR) is 113 cm³/mol. The van der Waals surface area contributed by atoms with Crippen LogP contribution in [0.5, 0.6) is 0 Å². The zero-order valence-electron chi connectivity index (χ0n) is 17.5. The zero-order valence-corrected chi connectivity index (χ0v) is 18.3. The lowest BCUT2D eigenvalue weighted by Crippen LogP contribution is -2.48. The highest BCUT2D eigenvalue weighted by Crippen LogP contribution is 2.29. The summed E-state index contributed by atoms with van der Waals surface area (Å²) in [6.45, 7) is 7.56. The van der Waals surface area contributed by atoms with Crippen LogP contribution in [0.15, 0.2) is 24.3 Å². The Labute approximate surface area is 177 Å². The first kappa shape index (κ1) is 23.2. The molecule has 1 aliphatic rings. The number of benzene rings is 1. The topological polar surface area (TPSA) is 84.5 Å². The van der Waals surface area contributed by atoms with Gasteiger partial charge in [0.2, 0.25) is 0 Å². The van der Waals surface area contributed by atoms with E-state index in [9.17, 15) is 14.4 Å². The second kappa shape index (κ2) is 10.6. The van der Waals surface area contributed by atoms with Crippen molar-refractivity contribution >= 4 is 29.4 Å². The maximum absolute atomic E-state index is 12.5. The SMILES string of the molecule is CC(C)C(NC(=O)c1ccccc1Cl)C(=O)OCC(=O)NC1CCCC(C)C1C. The van der Waals surface area contributed by atoms with E-state index in [1.54, 1.807) is 38.1 Å². The highest BCUT2D eigenvalue weighted by Gasteiger charge is 2.30. The van der Waals surface area contributed by atoms with Gasteiger partial charge in [-0.25, -0.2) is 4.79 Å². The molecule has 1 aromatic rings. The molecular formula is C22H31ClN2O4. The summed E-state index contributed by atoms with van der Waals surface area (Å²) in [5.74, 6) is -0.676. The van der Waals surface area contributed by atoms with Crippen LogP contribution < -0.4 is 10.6 Å². The average molecular weight is 423 g/mol. The molecule has 2 N–H and O–H groups in total. The lowest BCUT2D eigenvalue weighted by molar-refractivity contribution is -0.151. The van der Waals surface area contributed by atoms with Crippen LogP contribution in [0, 0.1) is 17.8 Å². The maximum Gasteiger partial charge on any atom is 0.329 e. The molecule has 0 aliphatic heterocycles. The molecular weight excluding hydrogens is 392 g/mol. The molecule has 2 rings (SSSR count). The number of esters is 1. The van der Waals surface area contributed by atoms with Gasteiger partial charge in [0.25, 0.3) is 11.8 Å². The Morgan fingerprint density at radius 2 is 1.86 bits per heavy atom. The molecule has 160 valence electrons. The number of amides is 2. The van der Waals surface area contributed by atoms with Crippen molar-refractivity contribution in [1.82, 2.24) is 10.6 Å². The average Bonchev–Trinajstić information content (AvgIpc) is 2.67. The molecule has 2 amide bonds. The molecule has 7 heteroatoms. The van der Waals surface area contributed by atoms with E-state index in [2.05, 4.69) is 24.5 Å². The second-order valence-corrected chi connectivity index (χ2v) is 8.63. The molecule has 4 atom stereocenters. The van der Waals surface area contributed by atoms with Crippen LogP contribution in [0.4, 0.5) is 0 Å². The molecule has 1 fully saturated rings. The van der Waals surface area contributed by atoms with Crippen LogP contribution in [0.25, 0.3) is 0 Å². The summed E-state index contributed by atoms with van der Waals surface area (Å²) in [5.41, 5.74) is 0.283. The van der Waals surface area contributed by atoms with Crippen LogP contribution in [0.1, 0.15) is 57.3 Å². The largest absolute Gasteiger partial charge is 0.454 e. The predicted octanol–water partition coefficient (Wildman–Crippen LogP) is 3.58. The Morgan fingerprint density at radius 3 is 2.52 bits per heavy atom. The number of nitrogens with one attached hydrogen (secondary N) is 2. The number of hydrogen-bond donors (Lipinski definition) is 2. The summed E-state index contributed by atoms with van der Waals surface area (Å²) in [5, 5.41) is 5.94. The fourth-order valence-corrected chi connectivity index (χ4v) is 3.84. The van der Waals surface area contributed by atoms with E-state index in [1.165, 1.54) is 6.42 Å². The first-order valence-electron chi connectivity index (χ1n) is 10.2. The van der Waals surface area contributed by atoms with Crippen LogP contribution >= 0.6 is 11.6 Å². The van der Waals surface area contributed by atoms with Gasteiger partial charge in [0.1, 0.15) is 6.04 Å². The van der Waals surface area contributed by atoms with Gasteiger partial charge in [-0.1, -0.05) is 64.3 Å². The number of carbonyl (C=O) groups excluding carboxylic acids is 3. The maximum atomic E-state index is 12.5. The minimum atomic E-state index is -0.875. The van der Waals surface area contributed by atoms with Crippen molar-refractivity contribution in [3.05, 3.63) is 34.9 Å². The molecule has 1 aromatic carbocycles. The van der Waals surface area contributed by atoms with E-state index >= 15 is 0 Å². The Morgan fingerprint density at radius 1 is 1.17 bits per heavy atom. The van der Waals surface area contributed by atoms with Gasteiger partial charge >= 0.3 is 5.97 Å². The molecule has 0 bridgehead atoms. The Balaban J connectivity index is 1.90. The number of hydrogen-bond acceptors (Lipinski definition) is 4. The van der Waals surface area contributed by atoms with E-state index in [0.29, 0.717) is 16.9 Å². The number of ether oxygens (including phenoxy) is 1. The van der Waals surface area contributed by atoms with E-state index in [1.807, 2.05) is 0 Å². The molecule has 0 aromatic heterocycles. The summed E-state index contributed by atoms with van der Waals surface area (Å²) in [6, 6.07) is 5.84. The molecule has 1 saturated carbocycles. The van der Waals surface area contributed by atoms with Crippen molar-refractivity contribution in [2.24, 2.45) is 17.8 Å². The van der Waals surface area contributed by atoms with Crippen molar-refractivity contribution in [1.29, 1.82) is 0 Å². The van der Waals surface area contributed by atoms with Gasteiger partial charge in [-0.15, -0.1) is 0 Å². The van der Waals surface area contributed by atoms with E-state index in [4.69, 9.17) is 16.3 Å². The smallest absolute Gasteiger partial charge is 0.329 e. The van der Waals surface area contributed by atoms with Gasteiger partial charge < -0.3 is 15.4 Å². The van der Waals surface area contributed by atoms with E-state index in [0.717, 1.165) is 12.8 Å². The standard InChI is InChI=1S/C22H31ClN2O4/c1-13(2)20(25-21(27)16-9-5-6-10-17(16)23)22(28)29-12-19(26)24-18-11-7-8-14(3)15(18)4/h5-6,9-10,13-15,18,20H,7-8,11-12H2,1-4H3,(H,24,26)(H,25,27). The minimum Gasteiger partial charge on any atom is -0.454 e. The third kappa shape index (κ3) is 6.46. The van der Waals surface area contributed by atoms with Crippen LogP contribution in [-0.4, -0.2) is 36.5 Å². The van der Waals surface area contributed by atoms with Crippen LogP contribution in [0.2, 0.25) is 5.02 Å². The third-order valence-electron chi connectivity index (χ3n) is 5.72. The highest BCUT2D eigenvalue weighted by atomic mass is 35.5. The summed E-state index contributed by atoms with van der Waals surface area (Å²) in [7, 11) is 0. The normalized spacial score (nSPS) is 22.6. The van der Waals surface area contributed by atoms with Crippen molar-refractivity contribution in [2.45, 2.75) is 59.0 Å². The fraction of sp³-hybridized carbons (Fsp3) is 0.591. The van der Waals surface area contributed by atoms with Crippen LogP contribution in [0.3, 0.4) is 0 Å². The summed E-state index contributed by atoms with van der Waals surface area (Å²) >= 11 is 6.05. The van der Waals surface area contributed by atoms with Crippen molar-refractivity contribution < 1.29 is 19.1 Å². The van der Waals surface area contributed by atoms with Gasteiger partial charge in [-0.3, -0.25) is 9.59 Å². The van der Waals surface area contributed by atoms with E-state index < -0.39 is 17.9 Å². The number of carbonyl (C=O) groups is 3. The van der Waals surface area contributed by atoms with Crippen LogP contribution in [-0.2, 0) is 14.3 Å². The highest BCUT2D eigenvalue weighted by molar-refractivity contribution is 6.33. The fourth-order valence-electron chi connectivity index (χ4n) is 3.62. The van der Waals surface area contributed by atoms with Gasteiger partial charge in [-0.2, -0.15) is 0 Å². The first-order valence-corrected chi connectivity index (χ1v) is 10.6. The Hall–Kier alpha value is -2.08. The Bertz CT molecular complexity index is 737. The quantitative estimate of drug-likeness (QED) is 0.658. The zero-order chi connectivity index (χ0) is 21.6. The van der Waals surface area contributed by atoms with Gasteiger partial charge in [0.05, 0.1) is 10.6 Å². The summed E-state index contributed by atoms with van der Waals surface area (Å²) in [6.07, 6.45) is 3.19. The second-order valence-electron chi connectivity index (χ2n) is 8.22. The molecule has 29 heavy (non-hydrogen) atoms.